The Balaban J connectivity index is 2.00. The molecule has 17 heavy (non-hydrogen) atoms. The van der Waals surface area contributed by atoms with Crippen LogP contribution in [0.4, 0.5) is 4.79 Å². The van der Waals surface area contributed by atoms with E-state index in [2.05, 4.69) is 11.9 Å². The Hall–Kier alpha value is -2.10. The monoisotopic (exact) mass is 230 g/mol. The first kappa shape index (κ1) is 11.4. The quantitative estimate of drug-likeness (QED) is 0.814. The van der Waals surface area contributed by atoms with Crippen molar-refractivity contribution in [2.45, 2.75) is 20.0 Å². The number of benzene rings is 1. The van der Waals surface area contributed by atoms with Gasteiger partial charge in [-0.1, -0.05) is 31.2 Å². The van der Waals surface area contributed by atoms with E-state index in [0.717, 1.165) is 12.0 Å². The van der Waals surface area contributed by atoms with Gasteiger partial charge in [-0.05, 0) is 17.5 Å². The number of hydrogen-bond donors (Lipinski definition) is 0. The Labute approximate surface area is 99.9 Å². The van der Waals surface area contributed by atoms with Crippen molar-refractivity contribution in [3.8, 4) is 0 Å². The minimum absolute atomic E-state index is 0.293. The number of aromatic nitrogens is 2. The molecular weight excluding hydrogens is 216 g/mol. The molecule has 0 saturated carbocycles. The van der Waals surface area contributed by atoms with Crippen LogP contribution in [0.1, 0.15) is 18.1 Å². The van der Waals surface area contributed by atoms with Crippen LogP contribution < -0.4 is 0 Å². The van der Waals surface area contributed by atoms with Crippen molar-refractivity contribution in [3.05, 3.63) is 54.1 Å². The standard InChI is InChI=1S/C13H14N2O2/c1-2-11-5-3-4-6-12(11)9-17-13(16)15-8-7-14-10-15/h3-8,10H,2,9H2,1H3. The number of nitrogens with zero attached hydrogens (tertiary/aromatic N) is 2. The van der Waals surface area contributed by atoms with E-state index in [9.17, 15) is 4.79 Å². The predicted molar refractivity (Wildman–Crippen MR) is 63.6 cm³/mol. The van der Waals surface area contributed by atoms with Crippen molar-refractivity contribution in [2.24, 2.45) is 0 Å². The van der Waals surface area contributed by atoms with Crippen molar-refractivity contribution in [1.29, 1.82) is 0 Å². The van der Waals surface area contributed by atoms with Gasteiger partial charge >= 0.3 is 6.09 Å². The lowest BCUT2D eigenvalue weighted by Gasteiger charge is -2.08. The molecule has 0 aliphatic heterocycles. The molecule has 88 valence electrons. The largest absolute Gasteiger partial charge is 0.444 e. The average molecular weight is 230 g/mol. The van der Waals surface area contributed by atoms with Gasteiger partial charge in [0.25, 0.3) is 0 Å². The van der Waals surface area contributed by atoms with Gasteiger partial charge in [0.05, 0.1) is 0 Å². The van der Waals surface area contributed by atoms with Crippen molar-refractivity contribution in [2.75, 3.05) is 0 Å². The number of rotatable bonds is 3. The summed E-state index contributed by atoms with van der Waals surface area (Å²) in [5.74, 6) is 0. The minimum atomic E-state index is -0.409. The van der Waals surface area contributed by atoms with Gasteiger partial charge in [-0.3, -0.25) is 0 Å². The smallest absolute Gasteiger partial charge is 0.419 e. The maximum absolute atomic E-state index is 11.6. The molecule has 0 radical (unpaired) electrons. The summed E-state index contributed by atoms with van der Waals surface area (Å²) in [6.45, 7) is 2.37. The molecular formula is C13H14N2O2. The van der Waals surface area contributed by atoms with Gasteiger partial charge in [0.15, 0.2) is 0 Å². The SMILES string of the molecule is CCc1ccccc1COC(=O)n1ccnc1. The molecule has 1 heterocycles. The van der Waals surface area contributed by atoms with Crippen LogP contribution >= 0.6 is 0 Å². The van der Waals surface area contributed by atoms with Crippen LogP contribution in [0.2, 0.25) is 0 Å². The van der Waals surface area contributed by atoms with Crippen molar-refractivity contribution in [3.63, 3.8) is 0 Å². The van der Waals surface area contributed by atoms with Crippen molar-refractivity contribution in [1.82, 2.24) is 9.55 Å². The third kappa shape index (κ3) is 2.72. The molecule has 0 bridgehead atoms. The second-order valence-electron chi connectivity index (χ2n) is 3.65. The Bertz CT molecular complexity index is 492. The zero-order valence-electron chi connectivity index (χ0n) is 9.67. The van der Waals surface area contributed by atoms with Crippen LogP contribution in [-0.4, -0.2) is 15.6 Å². The molecule has 2 rings (SSSR count). The maximum atomic E-state index is 11.6. The minimum Gasteiger partial charge on any atom is -0.444 e. The second-order valence-corrected chi connectivity index (χ2v) is 3.65. The number of carbonyl (C=O) groups is 1. The van der Waals surface area contributed by atoms with Gasteiger partial charge in [-0.15, -0.1) is 0 Å². The normalized spacial score (nSPS) is 10.2. The van der Waals surface area contributed by atoms with Crippen molar-refractivity contribution < 1.29 is 9.53 Å². The third-order valence-corrected chi connectivity index (χ3v) is 2.57. The molecule has 2 aromatic rings. The molecule has 1 aromatic heterocycles. The highest BCUT2D eigenvalue weighted by atomic mass is 16.5. The number of carbonyl (C=O) groups excluding carboxylic acids is 1. The third-order valence-electron chi connectivity index (χ3n) is 2.57. The second kappa shape index (κ2) is 5.30. The van der Waals surface area contributed by atoms with Crippen LogP contribution in [-0.2, 0) is 17.8 Å². The van der Waals surface area contributed by atoms with Crippen LogP contribution in [0.15, 0.2) is 43.0 Å². The van der Waals surface area contributed by atoms with E-state index < -0.39 is 6.09 Å². The Kier molecular flexibility index (Phi) is 3.55. The molecule has 4 nitrogen and oxygen atoms in total. The summed E-state index contributed by atoms with van der Waals surface area (Å²) < 4.78 is 6.51. The first-order valence-corrected chi connectivity index (χ1v) is 5.53. The maximum Gasteiger partial charge on any atom is 0.419 e. The van der Waals surface area contributed by atoms with E-state index in [1.807, 2.05) is 24.3 Å². The zero-order valence-corrected chi connectivity index (χ0v) is 9.67. The van der Waals surface area contributed by atoms with E-state index >= 15 is 0 Å². The summed E-state index contributed by atoms with van der Waals surface area (Å²) in [6, 6.07) is 7.94. The fourth-order valence-corrected chi connectivity index (χ4v) is 1.62. The van der Waals surface area contributed by atoms with E-state index in [4.69, 9.17) is 4.74 Å². The molecule has 1 aromatic carbocycles. The van der Waals surface area contributed by atoms with Gasteiger partial charge in [0, 0.05) is 12.4 Å². The van der Waals surface area contributed by atoms with E-state index in [-0.39, 0.29) is 0 Å². The summed E-state index contributed by atoms with van der Waals surface area (Å²) in [4.78, 5) is 15.4. The van der Waals surface area contributed by atoms with Gasteiger partial charge in [-0.2, -0.15) is 0 Å². The molecule has 0 saturated heterocycles. The molecule has 4 heteroatoms. The average Bonchev–Trinajstić information content (AvgIpc) is 2.90. The van der Waals surface area contributed by atoms with Crippen molar-refractivity contribution >= 4 is 6.09 Å². The summed E-state index contributed by atoms with van der Waals surface area (Å²) >= 11 is 0. The summed E-state index contributed by atoms with van der Waals surface area (Å²) in [7, 11) is 0. The number of imidazole rings is 1. The lowest BCUT2D eigenvalue weighted by molar-refractivity contribution is 0.141. The molecule has 0 aliphatic rings. The first-order chi connectivity index (χ1) is 8.31. The first-order valence-electron chi connectivity index (χ1n) is 5.53. The Morgan fingerprint density at radius 3 is 2.76 bits per heavy atom. The van der Waals surface area contributed by atoms with Crippen LogP contribution in [0.5, 0.6) is 0 Å². The highest BCUT2D eigenvalue weighted by Gasteiger charge is 2.06. The van der Waals surface area contributed by atoms with Gasteiger partial charge in [-0.25, -0.2) is 14.3 Å². The number of hydrogen-bond acceptors (Lipinski definition) is 3. The fourth-order valence-electron chi connectivity index (χ4n) is 1.62. The van der Waals surface area contributed by atoms with Crippen LogP contribution in [0, 0.1) is 0 Å². The highest BCUT2D eigenvalue weighted by Crippen LogP contribution is 2.11. The van der Waals surface area contributed by atoms with Gasteiger partial charge in [0.1, 0.15) is 12.9 Å². The summed E-state index contributed by atoms with van der Waals surface area (Å²) in [5, 5.41) is 0. The molecule has 0 fully saturated rings. The molecule has 0 amide bonds. The number of aryl methyl sites for hydroxylation is 1. The number of ether oxygens (including phenoxy) is 1. The lowest BCUT2D eigenvalue weighted by Crippen LogP contribution is -2.12. The van der Waals surface area contributed by atoms with E-state index in [1.165, 1.54) is 16.5 Å². The molecule has 0 aliphatic carbocycles. The molecule has 0 N–H and O–H groups in total. The van der Waals surface area contributed by atoms with Crippen LogP contribution in [0.3, 0.4) is 0 Å². The summed E-state index contributed by atoms with van der Waals surface area (Å²) in [5.41, 5.74) is 2.24. The lowest BCUT2D eigenvalue weighted by atomic mass is 10.1. The van der Waals surface area contributed by atoms with Gasteiger partial charge < -0.3 is 4.74 Å². The highest BCUT2D eigenvalue weighted by molar-refractivity contribution is 5.70. The predicted octanol–water partition coefficient (Wildman–Crippen LogP) is 2.63. The zero-order chi connectivity index (χ0) is 12.1. The van der Waals surface area contributed by atoms with Gasteiger partial charge in [0.2, 0.25) is 0 Å². The molecule has 0 atom stereocenters. The van der Waals surface area contributed by atoms with E-state index in [0.29, 0.717) is 6.61 Å². The fraction of sp³-hybridized carbons (Fsp3) is 0.231. The summed E-state index contributed by atoms with van der Waals surface area (Å²) in [6.07, 6.45) is 5.05. The topological polar surface area (TPSA) is 44.1 Å². The Morgan fingerprint density at radius 1 is 1.35 bits per heavy atom. The molecule has 0 spiro atoms. The van der Waals surface area contributed by atoms with E-state index in [1.54, 1.807) is 12.4 Å². The van der Waals surface area contributed by atoms with Crippen LogP contribution in [0.25, 0.3) is 0 Å². The molecule has 0 unspecified atom stereocenters. The Morgan fingerprint density at radius 2 is 2.12 bits per heavy atom.